The molecular formula is C49H54ClF4N5O7S3. The number of nitrogens with one attached hydrogen (secondary N) is 2. The minimum atomic E-state index is -6.12. The lowest BCUT2D eigenvalue weighted by Crippen LogP contribution is -2.49. The number of rotatable bonds is 19. The van der Waals surface area contributed by atoms with Crippen molar-refractivity contribution in [2.75, 3.05) is 75.0 Å². The van der Waals surface area contributed by atoms with Crippen molar-refractivity contribution in [1.29, 1.82) is 0 Å². The predicted octanol–water partition coefficient (Wildman–Crippen LogP) is 8.28. The summed E-state index contributed by atoms with van der Waals surface area (Å²) in [5.41, 5.74) is -2.88. The van der Waals surface area contributed by atoms with E-state index in [9.17, 15) is 49.4 Å². The van der Waals surface area contributed by atoms with Gasteiger partial charge >= 0.3 is 5.51 Å². The molecule has 0 spiro atoms. The third-order valence-electron chi connectivity index (χ3n) is 12.5. The Bertz CT molecular complexity index is 2730. The van der Waals surface area contributed by atoms with E-state index in [0.717, 1.165) is 39.4 Å². The first-order valence-electron chi connectivity index (χ1n) is 22.5. The van der Waals surface area contributed by atoms with Gasteiger partial charge in [-0.25, -0.2) is 25.9 Å². The summed E-state index contributed by atoms with van der Waals surface area (Å²) < 4.78 is 111. The second-order valence-electron chi connectivity index (χ2n) is 17.2. The molecule has 2 heterocycles. The quantitative estimate of drug-likeness (QED) is 0.0464. The van der Waals surface area contributed by atoms with E-state index in [-0.39, 0.29) is 18.0 Å². The van der Waals surface area contributed by atoms with Gasteiger partial charge in [-0.1, -0.05) is 66.2 Å². The summed E-state index contributed by atoms with van der Waals surface area (Å²) in [6.07, 6.45) is -0.112. The molecule has 370 valence electrons. The zero-order chi connectivity index (χ0) is 49.3. The second-order valence-corrected chi connectivity index (χ2v) is 22.3. The van der Waals surface area contributed by atoms with E-state index in [4.69, 9.17) is 11.6 Å². The molecule has 2 saturated heterocycles. The summed E-state index contributed by atoms with van der Waals surface area (Å²) in [6, 6.07) is 32.2. The molecule has 20 heteroatoms. The maximum atomic E-state index is 14.3. The number of halogens is 5. The number of benzene rings is 5. The topological polar surface area (TPSA) is 160 Å². The Labute approximate surface area is 409 Å². The van der Waals surface area contributed by atoms with E-state index >= 15 is 0 Å². The number of carbonyl (C=O) groups excluding carboxylic acids is 1. The first-order valence-corrected chi connectivity index (χ1v) is 26.8. The van der Waals surface area contributed by atoms with E-state index in [1.54, 1.807) is 24.3 Å². The molecule has 4 N–H and O–H groups in total. The van der Waals surface area contributed by atoms with Crippen LogP contribution in [0.4, 0.5) is 28.9 Å². The van der Waals surface area contributed by atoms with Crippen LogP contribution in [0, 0.1) is 5.92 Å². The summed E-state index contributed by atoms with van der Waals surface area (Å²) in [7, 11) is -11.0. The van der Waals surface area contributed by atoms with Crippen molar-refractivity contribution in [2.45, 2.75) is 57.7 Å². The Morgan fingerprint density at radius 3 is 2.09 bits per heavy atom. The van der Waals surface area contributed by atoms with Gasteiger partial charge in [0.25, 0.3) is 25.8 Å². The molecule has 5 aromatic rings. The highest BCUT2D eigenvalue weighted by Gasteiger charge is 2.48. The third-order valence-corrected chi connectivity index (χ3v) is 16.7. The molecule has 7 rings (SSSR count). The number of β-amino-alcohol motifs (C(OH)–C–C–N with tert-alkyl or cyclic N) is 1. The van der Waals surface area contributed by atoms with Crippen molar-refractivity contribution >= 4 is 60.5 Å². The molecule has 2 aliphatic heterocycles. The van der Waals surface area contributed by atoms with Gasteiger partial charge in [0.2, 0.25) is 0 Å². The number of thioether (sulfide) groups is 1. The summed E-state index contributed by atoms with van der Waals surface area (Å²) in [6.45, 7) is 3.30. The SMILES string of the molecule is O=C(NS(=O)(=O)c1ccc(N[C@@H](CCN2CCN(C[C@@H](O)CF)CC2)CSc2ccccc2)c(S(=O)(=O)C(F)(F)F)c1)c1ccc(N2CCC([C@H](O)c3ccccc3-c3ccc(Cl)cc3)CC2)cc1. The van der Waals surface area contributed by atoms with Crippen molar-refractivity contribution in [3.05, 3.63) is 137 Å². The standard InChI is InChI=1S/C49H54ClF4N5O7S3/c50-37-14-10-34(11-15-37)43-8-4-5-9-44(43)47(61)35-20-24-59(25-21-35)39-16-12-36(13-17-39)48(62)56-69(65,66)42-18-19-45(46(30-42)68(63,64)49(52,53)54)55-38(33-67-41-6-2-1-3-7-41)22-23-57-26-28-58(29-27-57)32-40(60)31-51/h1-19,30,35,38,40,47,55,60-61H,20-29,31-33H2,(H,56,62)/t38-,40-,47-/m0/s1. The number of piperazine rings is 1. The number of nitrogens with zero attached hydrogens (tertiary/aromatic N) is 3. The first-order chi connectivity index (χ1) is 32.9. The summed E-state index contributed by atoms with van der Waals surface area (Å²) in [4.78, 5) is 18.2. The van der Waals surface area contributed by atoms with Crippen LogP contribution in [0.3, 0.4) is 0 Å². The Balaban J connectivity index is 1.02. The zero-order valence-corrected chi connectivity index (χ0v) is 40.6. The Hall–Kier alpha value is -4.73. The fourth-order valence-corrected chi connectivity index (χ4v) is 11.7. The summed E-state index contributed by atoms with van der Waals surface area (Å²) in [5, 5.41) is 24.8. The zero-order valence-electron chi connectivity index (χ0n) is 37.4. The van der Waals surface area contributed by atoms with Crippen molar-refractivity contribution in [2.24, 2.45) is 5.92 Å². The third kappa shape index (κ3) is 13.4. The van der Waals surface area contributed by atoms with Gasteiger partial charge in [-0.3, -0.25) is 9.69 Å². The number of sulfone groups is 1. The number of aliphatic hydroxyl groups is 2. The summed E-state index contributed by atoms with van der Waals surface area (Å²) >= 11 is 7.50. The van der Waals surface area contributed by atoms with Gasteiger partial charge < -0.3 is 25.3 Å². The average molecular weight is 1030 g/mol. The maximum Gasteiger partial charge on any atom is 0.501 e. The van der Waals surface area contributed by atoms with Gasteiger partial charge in [-0.05, 0) is 109 Å². The monoisotopic (exact) mass is 1030 g/mol. The number of hydrogen-bond acceptors (Lipinski definition) is 12. The first kappa shape index (κ1) is 52.1. The number of sulfonamides is 1. The molecule has 69 heavy (non-hydrogen) atoms. The fourth-order valence-electron chi connectivity index (χ4n) is 8.59. The van der Waals surface area contributed by atoms with Crippen LogP contribution in [0.5, 0.6) is 0 Å². The number of amides is 1. The molecule has 2 aliphatic rings. The largest absolute Gasteiger partial charge is 0.501 e. The van der Waals surface area contributed by atoms with Crippen molar-refractivity contribution in [1.82, 2.24) is 14.5 Å². The van der Waals surface area contributed by atoms with Crippen molar-refractivity contribution < 1.29 is 49.4 Å². The highest BCUT2D eigenvalue weighted by molar-refractivity contribution is 7.99. The van der Waals surface area contributed by atoms with Crippen LogP contribution in [0.15, 0.2) is 136 Å². The molecule has 0 aliphatic carbocycles. The van der Waals surface area contributed by atoms with Crippen LogP contribution >= 0.6 is 23.4 Å². The number of aliphatic hydroxyl groups excluding tert-OH is 2. The lowest BCUT2D eigenvalue weighted by atomic mass is 9.84. The molecular weight excluding hydrogens is 978 g/mol. The number of hydrogen-bond donors (Lipinski definition) is 4. The Morgan fingerprint density at radius 1 is 0.797 bits per heavy atom. The van der Waals surface area contributed by atoms with E-state index in [0.29, 0.717) is 81.9 Å². The fraction of sp³-hybridized carbons (Fsp3) is 0.367. The molecule has 1 amide bonds. The molecule has 0 unspecified atom stereocenters. The molecule has 0 aromatic heterocycles. The predicted molar refractivity (Wildman–Crippen MR) is 262 cm³/mol. The van der Waals surface area contributed by atoms with Gasteiger partial charge in [0, 0.05) is 85.3 Å². The molecule has 5 aromatic carbocycles. The summed E-state index contributed by atoms with van der Waals surface area (Å²) in [5.74, 6) is -0.811. The normalized spacial score (nSPS) is 17.0. The Morgan fingerprint density at radius 2 is 1.43 bits per heavy atom. The van der Waals surface area contributed by atoms with Crippen LogP contribution < -0.4 is 14.9 Å². The number of piperidine rings is 1. The minimum absolute atomic E-state index is 0.0305. The lowest BCUT2D eigenvalue weighted by Gasteiger charge is -2.36. The smallest absolute Gasteiger partial charge is 0.389 e. The molecule has 2 fully saturated rings. The van der Waals surface area contributed by atoms with Crippen LogP contribution in [-0.4, -0.2) is 125 Å². The Kier molecular flexibility index (Phi) is 17.4. The highest BCUT2D eigenvalue weighted by Crippen LogP contribution is 2.39. The molecule has 0 bridgehead atoms. The van der Waals surface area contributed by atoms with Gasteiger partial charge in [0.05, 0.1) is 22.8 Å². The van der Waals surface area contributed by atoms with E-state index in [2.05, 4.69) is 15.1 Å². The van der Waals surface area contributed by atoms with Crippen molar-refractivity contribution in [3.63, 3.8) is 0 Å². The average Bonchev–Trinajstić information content (AvgIpc) is 3.35. The molecule has 0 saturated carbocycles. The van der Waals surface area contributed by atoms with Crippen LogP contribution in [0.2, 0.25) is 5.02 Å². The molecule has 12 nitrogen and oxygen atoms in total. The molecule has 3 atom stereocenters. The number of alkyl halides is 4. The second kappa shape index (κ2) is 23.0. The van der Waals surface area contributed by atoms with Gasteiger partial charge in [-0.2, -0.15) is 13.2 Å². The number of carbonyl (C=O) groups is 1. The lowest BCUT2D eigenvalue weighted by molar-refractivity contribution is -0.0436. The van der Waals surface area contributed by atoms with E-state index < -0.39 is 71.7 Å². The van der Waals surface area contributed by atoms with Gasteiger partial charge in [-0.15, -0.1) is 11.8 Å². The van der Waals surface area contributed by atoms with E-state index in [1.807, 2.05) is 76.4 Å². The van der Waals surface area contributed by atoms with Crippen LogP contribution in [0.1, 0.15) is 41.3 Å². The van der Waals surface area contributed by atoms with E-state index in [1.165, 1.54) is 23.9 Å². The minimum Gasteiger partial charge on any atom is -0.389 e. The van der Waals surface area contributed by atoms with Crippen LogP contribution in [-0.2, 0) is 19.9 Å². The number of anilines is 2. The van der Waals surface area contributed by atoms with Crippen LogP contribution in [0.25, 0.3) is 11.1 Å². The maximum absolute atomic E-state index is 14.3. The van der Waals surface area contributed by atoms with Crippen molar-refractivity contribution in [3.8, 4) is 11.1 Å². The molecule has 0 radical (unpaired) electrons. The van der Waals surface area contributed by atoms with Gasteiger partial charge in [0.15, 0.2) is 0 Å². The highest BCUT2D eigenvalue weighted by atomic mass is 35.5. The van der Waals surface area contributed by atoms with Gasteiger partial charge in [0.1, 0.15) is 11.6 Å².